The lowest BCUT2D eigenvalue weighted by molar-refractivity contribution is -0.149. The first-order valence-electron chi connectivity index (χ1n) is 10.6. The SMILES string of the molecule is Cc1ncoc1C(=O)N1[C@@H]2CC[C@H]1[C@@](CCC(C)C)(C(=O)N1CCNC(=O)C1)C2. The van der Waals surface area contributed by atoms with Crippen LogP contribution in [0.3, 0.4) is 0 Å². The molecule has 3 amide bonds. The molecule has 8 heteroatoms. The number of oxazole rings is 1. The van der Waals surface area contributed by atoms with Gasteiger partial charge in [-0.3, -0.25) is 14.4 Å². The maximum absolute atomic E-state index is 13.8. The van der Waals surface area contributed by atoms with Crippen LogP contribution < -0.4 is 5.32 Å². The Kier molecular flexibility index (Phi) is 5.12. The maximum atomic E-state index is 13.8. The van der Waals surface area contributed by atoms with Crippen LogP contribution in [0.4, 0.5) is 0 Å². The van der Waals surface area contributed by atoms with Crippen molar-refractivity contribution in [3.8, 4) is 0 Å². The number of carbonyl (C=O) groups excluding carboxylic acids is 3. The Morgan fingerprint density at radius 2 is 2.17 bits per heavy atom. The third-order valence-electron chi connectivity index (χ3n) is 6.83. The van der Waals surface area contributed by atoms with E-state index in [0.717, 1.165) is 25.7 Å². The number of amides is 3. The van der Waals surface area contributed by atoms with E-state index in [2.05, 4.69) is 24.1 Å². The number of nitrogens with one attached hydrogen (secondary N) is 1. The first-order chi connectivity index (χ1) is 13.8. The van der Waals surface area contributed by atoms with Gasteiger partial charge in [0.25, 0.3) is 5.91 Å². The second kappa shape index (κ2) is 7.46. The van der Waals surface area contributed by atoms with E-state index < -0.39 is 5.41 Å². The molecule has 4 rings (SSSR count). The largest absolute Gasteiger partial charge is 0.438 e. The third-order valence-corrected chi connectivity index (χ3v) is 6.83. The number of carbonyl (C=O) groups is 3. The smallest absolute Gasteiger partial charge is 0.292 e. The van der Waals surface area contributed by atoms with Crippen molar-refractivity contribution >= 4 is 17.7 Å². The van der Waals surface area contributed by atoms with Gasteiger partial charge in [0, 0.05) is 25.2 Å². The summed E-state index contributed by atoms with van der Waals surface area (Å²) < 4.78 is 5.37. The lowest BCUT2D eigenvalue weighted by Crippen LogP contribution is -2.57. The molecular weight excluding hydrogens is 372 g/mol. The number of nitrogens with zero attached hydrogens (tertiary/aromatic N) is 3. The first-order valence-corrected chi connectivity index (χ1v) is 10.6. The van der Waals surface area contributed by atoms with E-state index in [1.54, 1.807) is 11.8 Å². The number of aryl methyl sites for hydroxylation is 1. The van der Waals surface area contributed by atoms with Gasteiger partial charge >= 0.3 is 0 Å². The normalized spacial score (nSPS) is 28.9. The topological polar surface area (TPSA) is 95.8 Å². The van der Waals surface area contributed by atoms with Crippen LogP contribution in [0.2, 0.25) is 0 Å². The van der Waals surface area contributed by atoms with Crippen LogP contribution in [0, 0.1) is 18.3 Å². The summed E-state index contributed by atoms with van der Waals surface area (Å²) in [6.07, 6.45) is 5.33. The molecule has 29 heavy (non-hydrogen) atoms. The summed E-state index contributed by atoms with van der Waals surface area (Å²) in [4.78, 5) is 46.6. The second-order valence-electron chi connectivity index (χ2n) is 9.10. The summed E-state index contributed by atoms with van der Waals surface area (Å²) in [5, 5.41) is 2.79. The van der Waals surface area contributed by atoms with E-state index in [9.17, 15) is 14.4 Å². The van der Waals surface area contributed by atoms with Crippen LogP contribution in [-0.4, -0.2) is 64.2 Å². The summed E-state index contributed by atoms with van der Waals surface area (Å²) in [6.45, 7) is 7.19. The minimum Gasteiger partial charge on any atom is -0.438 e. The van der Waals surface area contributed by atoms with Gasteiger partial charge in [-0.25, -0.2) is 4.98 Å². The van der Waals surface area contributed by atoms with Gasteiger partial charge in [-0.05, 0) is 44.9 Å². The molecule has 3 aliphatic heterocycles. The highest BCUT2D eigenvalue weighted by Gasteiger charge is 2.62. The van der Waals surface area contributed by atoms with Crippen LogP contribution in [0.5, 0.6) is 0 Å². The molecule has 3 atom stereocenters. The number of rotatable bonds is 5. The fraction of sp³-hybridized carbons (Fsp3) is 0.714. The molecule has 0 unspecified atom stereocenters. The Bertz CT molecular complexity index is 819. The van der Waals surface area contributed by atoms with Crippen LogP contribution >= 0.6 is 0 Å². The Hall–Kier alpha value is -2.38. The van der Waals surface area contributed by atoms with Gasteiger partial charge in [0.2, 0.25) is 17.6 Å². The molecule has 2 bridgehead atoms. The van der Waals surface area contributed by atoms with Crippen molar-refractivity contribution in [3.63, 3.8) is 0 Å². The molecule has 3 saturated heterocycles. The molecule has 0 radical (unpaired) electrons. The number of piperazine rings is 1. The van der Waals surface area contributed by atoms with Crippen LogP contribution in [0.1, 0.15) is 62.2 Å². The van der Waals surface area contributed by atoms with Gasteiger partial charge in [-0.1, -0.05) is 13.8 Å². The molecule has 0 saturated carbocycles. The zero-order valence-corrected chi connectivity index (χ0v) is 17.4. The van der Waals surface area contributed by atoms with E-state index in [4.69, 9.17) is 4.42 Å². The highest BCUT2D eigenvalue weighted by Crippen LogP contribution is 2.54. The van der Waals surface area contributed by atoms with Crippen molar-refractivity contribution in [1.29, 1.82) is 0 Å². The molecule has 1 N–H and O–H groups in total. The van der Waals surface area contributed by atoms with E-state index in [-0.39, 0.29) is 42.1 Å². The highest BCUT2D eigenvalue weighted by atomic mass is 16.3. The minimum atomic E-state index is -0.617. The number of hydrogen-bond acceptors (Lipinski definition) is 5. The van der Waals surface area contributed by atoms with E-state index in [1.807, 2.05) is 4.90 Å². The maximum Gasteiger partial charge on any atom is 0.292 e. The monoisotopic (exact) mass is 402 g/mol. The molecule has 3 fully saturated rings. The van der Waals surface area contributed by atoms with E-state index in [1.165, 1.54) is 6.39 Å². The molecule has 1 aromatic heterocycles. The van der Waals surface area contributed by atoms with Gasteiger partial charge < -0.3 is 19.5 Å². The zero-order valence-electron chi connectivity index (χ0n) is 17.4. The average molecular weight is 402 g/mol. The summed E-state index contributed by atoms with van der Waals surface area (Å²) in [5.41, 5.74) is -0.0397. The van der Waals surface area contributed by atoms with Crippen molar-refractivity contribution < 1.29 is 18.8 Å². The fourth-order valence-corrected chi connectivity index (χ4v) is 5.39. The third kappa shape index (κ3) is 3.32. The molecule has 0 aliphatic carbocycles. The lowest BCUT2D eigenvalue weighted by Gasteiger charge is -2.41. The van der Waals surface area contributed by atoms with Crippen molar-refractivity contribution in [3.05, 3.63) is 17.8 Å². The van der Waals surface area contributed by atoms with Crippen LogP contribution in [-0.2, 0) is 9.59 Å². The fourth-order valence-electron chi connectivity index (χ4n) is 5.39. The van der Waals surface area contributed by atoms with E-state index in [0.29, 0.717) is 31.1 Å². The molecule has 4 heterocycles. The second-order valence-corrected chi connectivity index (χ2v) is 9.10. The van der Waals surface area contributed by atoms with Crippen molar-refractivity contribution in [2.24, 2.45) is 11.3 Å². The quantitative estimate of drug-likeness (QED) is 0.809. The Morgan fingerprint density at radius 3 is 2.83 bits per heavy atom. The standard InChI is InChI=1S/C21H30N4O4/c1-13(2)6-7-21(20(28)24-9-8-22-17(26)11-24)10-15-4-5-16(21)25(15)19(27)18-14(3)23-12-29-18/h12-13,15-16H,4-11H2,1-3H3,(H,22,26)/t15-,16+,21+/m1/s1. The number of hydrogen-bond donors (Lipinski definition) is 1. The summed E-state index contributed by atoms with van der Waals surface area (Å²) in [6, 6.07) is -0.118. The predicted octanol–water partition coefficient (Wildman–Crippen LogP) is 1.74. The van der Waals surface area contributed by atoms with Crippen LogP contribution in [0.15, 0.2) is 10.8 Å². The Balaban J connectivity index is 1.65. The highest BCUT2D eigenvalue weighted by molar-refractivity contribution is 5.96. The first kappa shape index (κ1) is 19.9. The number of aromatic nitrogens is 1. The molecular formula is C21H30N4O4. The van der Waals surface area contributed by atoms with Crippen molar-refractivity contribution in [2.45, 2.75) is 65.0 Å². The molecule has 0 aromatic carbocycles. The Morgan fingerprint density at radius 1 is 1.38 bits per heavy atom. The summed E-state index contributed by atoms with van der Waals surface area (Å²) in [5.74, 6) is 0.489. The average Bonchev–Trinajstić information content (AvgIpc) is 3.38. The number of fused-ring (bicyclic) bond motifs is 2. The predicted molar refractivity (Wildman–Crippen MR) is 105 cm³/mol. The van der Waals surface area contributed by atoms with Gasteiger partial charge in [0.15, 0.2) is 6.39 Å². The van der Waals surface area contributed by atoms with Crippen molar-refractivity contribution in [2.75, 3.05) is 19.6 Å². The molecule has 0 spiro atoms. The van der Waals surface area contributed by atoms with Crippen molar-refractivity contribution in [1.82, 2.24) is 20.1 Å². The van der Waals surface area contributed by atoms with Gasteiger partial charge in [0.05, 0.1) is 17.7 Å². The zero-order chi connectivity index (χ0) is 20.8. The molecule has 3 aliphatic rings. The summed E-state index contributed by atoms with van der Waals surface area (Å²) >= 11 is 0. The molecule has 1 aromatic rings. The minimum absolute atomic E-state index is 0.0340. The van der Waals surface area contributed by atoms with Gasteiger partial charge in [0.1, 0.15) is 0 Å². The summed E-state index contributed by atoms with van der Waals surface area (Å²) in [7, 11) is 0. The molecule has 8 nitrogen and oxygen atoms in total. The van der Waals surface area contributed by atoms with Gasteiger partial charge in [-0.15, -0.1) is 0 Å². The van der Waals surface area contributed by atoms with E-state index >= 15 is 0 Å². The van der Waals surface area contributed by atoms with Crippen LogP contribution in [0.25, 0.3) is 0 Å². The lowest BCUT2D eigenvalue weighted by atomic mass is 9.69. The Labute approximate surface area is 171 Å². The van der Waals surface area contributed by atoms with Gasteiger partial charge in [-0.2, -0.15) is 0 Å². The molecule has 158 valence electrons.